The first-order valence-corrected chi connectivity index (χ1v) is 13.5. The Morgan fingerprint density at radius 2 is 1.88 bits per heavy atom. The molecule has 1 fully saturated rings. The van der Waals surface area contributed by atoms with E-state index in [1.807, 2.05) is 30.3 Å². The van der Waals surface area contributed by atoms with Gasteiger partial charge in [-0.05, 0) is 23.3 Å². The van der Waals surface area contributed by atoms with Crippen molar-refractivity contribution in [2.45, 2.75) is 18.9 Å². The molecule has 3 aromatic rings. The van der Waals surface area contributed by atoms with Crippen LogP contribution in [0.25, 0.3) is 0 Å². The van der Waals surface area contributed by atoms with Crippen LogP contribution in [0.1, 0.15) is 21.6 Å². The summed E-state index contributed by atoms with van der Waals surface area (Å²) in [6, 6.07) is 14.3. The van der Waals surface area contributed by atoms with Crippen molar-refractivity contribution in [2.24, 2.45) is 0 Å². The number of esters is 1. The first-order valence-electron chi connectivity index (χ1n) is 12.6. The Morgan fingerprint density at radius 3 is 2.59 bits per heavy atom. The zero-order valence-electron chi connectivity index (χ0n) is 22.2. The Bertz CT molecular complexity index is 1500. The fraction of sp³-hybridized carbons (Fsp3) is 0.250. The lowest BCUT2D eigenvalue weighted by atomic mass is 10.0. The second-order valence-electron chi connectivity index (χ2n) is 9.16. The highest BCUT2D eigenvalue weighted by molar-refractivity contribution is 7.14. The summed E-state index contributed by atoms with van der Waals surface area (Å²) in [4.78, 5) is 57.6. The monoisotopic (exact) mass is 579 g/mol. The minimum Gasteiger partial charge on any atom is -0.497 e. The molecule has 1 unspecified atom stereocenters. The number of benzene rings is 2. The highest BCUT2D eigenvalue weighted by Crippen LogP contribution is 2.37. The van der Waals surface area contributed by atoms with Crippen molar-refractivity contribution < 1.29 is 42.6 Å². The average Bonchev–Trinajstić information content (AvgIpc) is 3.72. The van der Waals surface area contributed by atoms with Gasteiger partial charge in [-0.1, -0.05) is 46.9 Å². The molecule has 2 N–H and O–H groups in total. The number of nitrogens with zero attached hydrogens (tertiary/aromatic N) is 2. The summed E-state index contributed by atoms with van der Waals surface area (Å²) < 4.78 is 20.6. The number of imide groups is 1. The molecule has 41 heavy (non-hydrogen) atoms. The van der Waals surface area contributed by atoms with Gasteiger partial charge < -0.3 is 18.9 Å². The molecule has 0 aliphatic carbocycles. The topological polar surface area (TPSA) is 142 Å². The van der Waals surface area contributed by atoms with Gasteiger partial charge in [0.15, 0.2) is 16.9 Å². The zero-order chi connectivity index (χ0) is 29.0. The van der Waals surface area contributed by atoms with E-state index in [1.165, 1.54) is 19.6 Å². The number of thiazole rings is 1. The van der Waals surface area contributed by atoms with Crippen molar-refractivity contribution in [3.8, 4) is 5.75 Å². The van der Waals surface area contributed by atoms with E-state index >= 15 is 0 Å². The minimum atomic E-state index is -1.34. The molecule has 2 aliphatic heterocycles. The van der Waals surface area contributed by atoms with Gasteiger partial charge in [-0.25, -0.2) is 19.4 Å². The maximum absolute atomic E-state index is 14.1. The Kier molecular flexibility index (Phi) is 7.99. The van der Waals surface area contributed by atoms with Crippen molar-refractivity contribution in [3.05, 3.63) is 88.4 Å². The second kappa shape index (κ2) is 11.8. The van der Waals surface area contributed by atoms with E-state index in [9.17, 15) is 19.2 Å². The van der Waals surface area contributed by atoms with Crippen molar-refractivity contribution in [1.29, 1.82) is 0 Å². The number of hydrogen-bond acceptors (Lipinski definition) is 10. The first-order chi connectivity index (χ1) is 19.9. The summed E-state index contributed by atoms with van der Waals surface area (Å²) in [5.41, 5.74) is 1.51. The van der Waals surface area contributed by atoms with Gasteiger partial charge in [0, 0.05) is 18.2 Å². The molecule has 5 rings (SSSR count). The number of allylic oxidation sites excluding steroid dienone is 1. The highest BCUT2D eigenvalue weighted by Gasteiger charge is 2.64. The lowest BCUT2D eigenvalue weighted by molar-refractivity contribution is -0.763. The molecule has 2 aromatic carbocycles. The molecule has 1 saturated heterocycles. The van der Waals surface area contributed by atoms with Crippen LogP contribution in [-0.2, 0) is 36.6 Å². The number of quaternary nitrogens is 1. The molecule has 3 heterocycles. The molecule has 0 radical (unpaired) electrons. The lowest BCUT2D eigenvalue weighted by Crippen LogP contribution is -2.64. The molecule has 13 heteroatoms. The molecular weight excluding hydrogens is 552 g/mol. The first kappa shape index (κ1) is 27.8. The quantitative estimate of drug-likeness (QED) is 0.211. The summed E-state index contributed by atoms with van der Waals surface area (Å²) in [5.74, 6) is -1.18. The SMILES string of the molecule is COC(=O)c1csc(NC(=O)[C@H](Cc2cccc(OC)c2)[N+]2(C3=C(Cc4ccccc4)OCO3)C(=O)CNC2=O)n1. The van der Waals surface area contributed by atoms with Crippen LogP contribution in [-0.4, -0.2) is 66.9 Å². The number of carbonyl (C=O) groups is 4. The third-order valence-corrected chi connectivity index (χ3v) is 7.52. The largest absolute Gasteiger partial charge is 0.497 e. The van der Waals surface area contributed by atoms with Crippen molar-refractivity contribution in [1.82, 2.24) is 10.3 Å². The predicted molar refractivity (Wildman–Crippen MR) is 145 cm³/mol. The lowest BCUT2D eigenvalue weighted by Gasteiger charge is -2.33. The Balaban J connectivity index is 1.61. The van der Waals surface area contributed by atoms with Crippen molar-refractivity contribution in [3.63, 3.8) is 0 Å². The zero-order valence-corrected chi connectivity index (χ0v) is 23.1. The molecule has 2 aliphatic rings. The van der Waals surface area contributed by atoms with E-state index in [1.54, 1.807) is 24.3 Å². The van der Waals surface area contributed by atoms with Crippen molar-refractivity contribution in [2.75, 3.05) is 32.9 Å². The van der Waals surface area contributed by atoms with Crippen molar-refractivity contribution >= 4 is 40.3 Å². The number of carbonyl (C=O) groups excluding carboxylic acids is 4. The Labute approximate surface area is 239 Å². The fourth-order valence-electron chi connectivity index (χ4n) is 4.83. The van der Waals surface area contributed by atoms with Gasteiger partial charge in [0.2, 0.25) is 12.6 Å². The molecule has 1 aromatic heterocycles. The maximum Gasteiger partial charge on any atom is 0.433 e. The van der Waals surface area contributed by atoms with E-state index in [0.717, 1.165) is 16.9 Å². The Morgan fingerprint density at radius 1 is 1.10 bits per heavy atom. The number of aromatic nitrogens is 1. The minimum absolute atomic E-state index is 0.0106. The number of rotatable bonds is 10. The van der Waals surface area contributed by atoms with Gasteiger partial charge in [-0.3, -0.25) is 15.4 Å². The second-order valence-corrected chi connectivity index (χ2v) is 10.0. The number of hydrogen-bond donors (Lipinski definition) is 2. The molecule has 0 spiro atoms. The van der Waals surface area contributed by atoms with E-state index in [4.69, 9.17) is 18.9 Å². The van der Waals surface area contributed by atoms with E-state index in [-0.39, 0.29) is 48.6 Å². The predicted octanol–water partition coefficient (Wildman–Crippen LogP) is 2.97. The standard InChI is InChI=1S/C28H26N4O8S/c1-37-19-10-6-9-18(11-19)12-21(24(34)31-27-30-20(15-41-27)26(35)38-2)32(23(33)14-29-28(32)36)25-22(39-16-40-25)13-17-7-4-3-5-8-17/h3-11,15,21H,12-14,16H2,1-2H3,(H-,29,30,31,34,36)/p+1/t21-,32?/m0/s1. The fourth-order valence-corrected chi connectivity index (χ4v) is 5.51. The summed E-state index contributed by atoms with van der Waals surface area (Å²) in [5, 5.41) is 6.81. The molecule has 2 atom stereocenters. The maximum atomic E-state index is 14.1. The van der Waals surface area contributed by atoms with Crippen LogP contribution in [0.2, 0.25) is 0 Å². The number of methoxy groups -OCH3 is 2. The summed E-state index contributed by atoms with van der Waals surface area (Å²) in [6.07, 6.45) is 0.183. The average molecular weight is 580 g/mol. The molecule has 0 bridgehead atoms. The van der Waals surface area contributed by atoms with Gasteiger partial charge in [-0.2, -0.15) is 0 Å². The van der Waals surface area contributed by atoms with E-state index < -0.39 is 34.3 Å². The molecule has 0 saturated carbocycles. The van der Waals surface area contributed by atoms with Crippen LogP contribution in [0.4, 0.5) is 9.93 Å². The smallest absolute Gasteiger partial charge is 0.433 e. The van der Waals surface area contributed by atoms with Gasteiger partial charge in [0.25, 0.3) is 5.91 Å². The highest BCUT2D eigenvalue weighted by atomic mass is 32.1. The summed E-state index contributed by atoms with van der Waals surface area (Å²) in [7, 11) is 2.74. The molecule has 12 nitrogen and oxygen atoms in total. The summed E-state index contributed by atoms with van der Waals surface area (Å²) in [6.45, 7) is -0.531. The van der Waals surface area contributed by atoms with E-state index in [2.05, 4.69) is 15.6 Å². The normalized spacial score (nSPS) is 18.8. The van der Waals surface area contributed by atoms with Crippen LogP contribution in [0.3, 0.4) is 0 Å². The third-order valence-electron chi connectivity index (χ3n) is 6.76. The van der Waals surface area contributed by atoms with Crippen LogP contribution in [0.5, 0.6) is 5.75 Å². The number of nitrogens with one attached hydrogen (secondary N) is 2. The molecule has 212 valence electrons. The van der Waals surface area contributed by atoms with Gasteiger partial charge in [-0.15, -0.1) is 11.3 Å². The van der Waals surface area contributed by atoms with Crippen LogP contribution < -0.4 is 15.4 Å². The molecular formula is C28H27N4O8S+. The van der Waals surface area contributed by atoms with Crippen LogP contribution >= 0.6 is 11.3 Å². The molecule has 4 amide bonds. The van der Waals surface area contributed by atoms with Gasteiger partial charge in [0.05, 0.1) is 14.2 Å². The van der Waals surface area contributed by atoms with E-state index in [0.29, 0.717) is 11.3 Å². The van der Waals surface area contributed by atoms with Crippen LogP contribution in [0, 0.1) is 0 Å². The summed E-state index contributed by atoms with van der Waals surface area (Å²) >= 11 is 1.00. The Hall–Kier alpha value is -4.75. The number of ether oxygens (including phenoxy) is 4. The number of amides is 4. The van der Waals surface area contributed by atoms with Gasteiger partial charge in [0.1, 0.15) is 12.3 Å². The number of anilines is 1. The van der Waals surface area contributed by atoms with Crippen LogP contribution in [0.15, 0.2) is 71.6 Å². The van der Waals surface area contributed by atoms with Gasteiger partial charge >= 0.3 is 23.8 Å². The third kappa shape index (κ3) is 5.36. The number of urea groups is 1.